The van der Waals surface area contributed by atoms with Crippen LogP contribution in [0.3, 0.4) is 0 Å². The molecule has 2 N–H and O–H groups in total. The molecule has 2 aromatic heterocycles. The number of amides is 1. The van der Waals surface area contributed by atoms with Crippen molar-refractivity contribution in [1.82, 2.24) is 25.5 Å². The van der Waals surface area contributed by atoms with E-state index in [1.165, 1.54) is 11.8 Å². The van der Waals surface area contributed by atoms with Gasteiger partial charge in [-0.25, -0.2) is 4.98 Å². The SMILES string of the molecule is C[C@@](C#N)(NC(=O)CSc1nnc2c(n1)[nH]c1ccccc12)C1CC1. The second kappa shape index (κ2) is 6.01. The van der Waals surface area contributed by atoms with Gasteiger partial charge in [0.05, 0.1) is 11.8 Å². The number of nitrogens with zero attached hydrogens (tertiary/aromatic N) is 4. The molecule has 1 fully saturated rings. The van der Waals surface area contributed by atoms with Gasteiger partial charge in [0, 0.05) is 10.9 Å². The number of hydrogen-bond acceptors (Lipinski definition) is 6. The van der Waals surface area contributed by atoms with Gasteiger partial charge in [0.1, 0.15) is 11.1 Å². The van der Waals surface area contributed by atoms with E-state index in [1.54, 1.807) is 6.92 Å². The minimum Gasteiger partial charge on any atom is -0.338 e. The molecular formula is C17H16N6OS. The molecule has 1 amide bonds. The van der Waals surface area contributed by atoms with Gasteiger partial charge in [-0.05, 0) is 31.7 Å². The second-order valence-electron chi connectivity index (χ2n) is 6.39. The Morgan fingerprint density at radius 3 is 3.00 bits per heavy atom. The zero-order chi connectivity index (χ0) is 17.4. The molecule has 0 aliphatic heterocycles. The van der Waals surface area contributed by atoms with Crippen molar-refractivity contribution in [3.05, 3.63) is 24.3 Å². The summed E-state index contributed by atoms with van der Waals surface area (Å²) in [5.41, 5.74) is 1.54. The molecule has 1 aromatic carbocycles. The summed E-state index contributed by atoms with van der Waals surface area (Å²) < 4.78 is 0. The van der Waals surface area contributed by atoms with Gasteiger partial charge in [-0.3, -0.25) is 4.79 Å². The standard InChI is InChI=1S/C17H16N6OS/c1-17(9-18,10-6-7-10)21-13(24)8-25-16-20-15-14(22-23-16)11-4-2-3-5-12(11)19-15/h2-5,10H,6-8H2,1H3,(H,21,24)(H,19,20,23)/t17-/m0/s1. The normalized spacial score (nSPS) is 16.5. The van der Waals surface area contributed by atoms with E-state index in [-0.39, 0.29) is 17.6 Å². The number of thioether (sulfide) groups is 1. The molecule has 0 unspecified atom stereocenters. The van der Waals surface area contributed by atoms with Crippen molar-refractivity contribution in [2.45, 2.75) is 30.5 Å². The topological polar surface area (TPSA) is 107 Å². The van der Waals surface area contributed by atoms with E-state index in [4.69, 9.17) is 0 Å². The summed E-state index contributed by atoms with van der Waals surface area (Å²) in [6.07, 6.45) is 1.98. The number of rotatable bonds is 5. The third-order valence-corrected chi connectivity index (χ3v) is 5.30. The molecule has 1 aliphatic rings. The lowest BCUT2D eigenvalue weighted by Gasteiger charge is -2.22. The maximum Gasteiger partial charge on any atom is 0.231 e. The Hall–Kier alpha value is -2.66. The van der Waals surface area contributed by atoms with E-state index >= 15 is 0 Å². The molecule has 0 saturated heterocycles. The molecule has 8 heteroatoms. The maximum atomic E-state index is 12.2. The fourth-order valence-electron chi connectivity index (χ4n) is 2.90. The predicted molar refractivity (Wildman–Crippen MR) is 94.8 cm³/mol. The second-order valence-corrected chi connectivity index (χ2v) is 7.33. The number of fused-ring (bicyclic) bond motifs is 3. The van der Waals surface area contributed by atoms with Crippen molar-refractivity contribution in [2.75, 3.05) is 5.75 Å². The largest absolute Gasteiger partial charge is 0.338 e. The van der Waals surface area contributed by atoms with Gasteiger partial charge < -0.3 is 10.3 Å². The number of nitriles is 1. The molecule has 0 bridgehead atoms. The molecule has 1 aliphatic carbocycles. The summed E-state index contributed by atoms with van der Waals surface area (Å²) >= 11 is 1.21. The van der Waals surface area contributed by atoms with Gasteiger partial charge in [0.15, 0.2) is 5.65 Å². The zero-order valence-corrected chi connectivity index (χ0v) is 14.4. The van der Waals surface area contributed by atoms with Crippen LogP contribution < -0.4 is 5.32 Å². The molecule has 1 saturated carbocycles. The van der Waals surface area contributed by atoms with Crippen LogP contribution in [0.25, 0.3) is 22.1 Å². The average Bonchev–Trinajstić information content (AvgIpc) is 3.41. The maximum absolute atomic E-state index is 12.2. The molecule has 7 nitrogen and oxygen atoms in total. The van der Waals surface area contributed by atoms with Crippen LogP contribution in [0.2, 0.25) is 0 Å². The lowest BCUT2D eigenvalue weighted by molar-refractivity contribution is -0.119. The molecule has 4 rings (SSSR count). The van der Waals surface area contributed by atoms with E-state index in [1.807, 2.05) is 24.3 Å². The van der Waals surface area contributed by atoms with Crippen molar-refractivity contribution in [2.24, 2.45) is 5.92 Å². The number of nitrogens with one attached hydrogen (secondary N) is 2. The van der Waals surface area contributed by atoms with Crippen LogP contribution in [0.4, 0.5) is 0 Å². The van der Waals surface area contributed by atoms with Crippen LogP contribution in [0.15, 0.2) is 29.4 Å². The quantitative estimate of drug-likeness (QED) is 0.683. The summed E-state index contributed by atoms with van der Waals surface area (Å²) in [7, 11) is 0. The van der Waals surface area contributed by atoms with Gasteiger partial charge >= 0.3 is 0 Å². The van der Waals surface area contributed by atoms with Gasteiger partial charge in [-0.2, -0.15) is 5.26 Å². The number of benzene rings is 1. The highest BCUT2D eigenvalue weighted by Crippen LogP contribution is 2.39. The first-order chi connectivity index (χ1) is 12.1. The average molecular weight is 352 g/mol. The van der Waals surface area contributed by atoms with Crippen LogP contribution >= 0.6 is 11.8 Å². The Balaban J connectivity index is 1.46. The number of carbonyl (C=O) groups is 1. The number of para-hydroxylation sites is 1. The van der Waals surface area contributed by atoms with Crippen LogP contribution in [0, 0.1) is 17.2 Å². The zero-order valence-electron chi connectivity index (χ0n) is 13.6. The lowest BCUT2D eigenvalue weighted by atomic mass is 9.98. The number of aromatic amines is 1. The van der Waals surface area contributed by atoms with Crippen LogP contribution in [-0.4, -0.2) is 37.4 Å². The van der Waals surface area contributed by atoms with E-state index in [9.17, 15) is 10.1 Å². The first-order valence-corrected chi connectivity index (χ1v) is 9.04. The van der Waals surface area contributed by atoms with E-state index in [2.05, 4.69) is 31.6 Å². The summed E-state index contributed by atoms with van der Waals surface area (Å²) in [6, 6.07) is 10.0. The van der Waals surface area contributed by atoms with E-state index in [0.717, 1.165) is 29.3 Å². The van der Waals surface area contributed by atoms with Crippen LogP contribution in [0.5, 0.6) is 0 Å². The lowest BCUT2D eigenvalue weighted by Crippen LogP contribution is -2.47. The Kier molecular flexibility index (Phi) is 3.81. The van der Waals surface area contributed by atoms with Crippen LogP contribution in [-0.2, 0) is 4.79 Å². The highest BCUT2D eigenvalue weighted by molar-refractivity contribution is 7.99. The highest BCUT2D eigenvalue weighted by Gasteiger charge is 2.42. The third kappa shape index (κ3) is 3.03. The number of carbonyl (C=O) groups excluding carboxylic acids is 1. The Morgan fingerprint density at radius 2 is 2.24 bits per heavy atom. The molecule has 25 heavy (non-hydrogen) atoms. The molecule has 3 aromatic rings. The molecular weight excluding hydrogens is 336 g/mol. The third-order valence-electron chi connectivity index (χ3n) is 4.46. The van der Waals surface area contributed by atoms with E-state index in [0.29, 0.717) is 10.8 Å². The Labute approximate surface area is 148 Å². The summed E-state index contributed by atoms with van der Waals surface area (Å²) in [5.74, 6) is 0.213. The fraction of sp³-hybridized carbons (Fsp3) is 0.353. The van der Waals surface area contributed by atoms with Gasteiger partial charge in [-0.15, -0.1) is 10.2 Å². The smallest absolute Gasteiger partial charge is 0.231 e. The van der Waals surface area contributed by atoms with Gasteiger partial charge in [0.25, 0.3) is 0 Å². The van der Waals surface area contributed by atoms with Crippen molar-refractivity contribution in [3.63, 3.8) is 0 Å². The Bertz CT molecular complexity index is 1010. The molecule has 0 radical (unpaired) electrons. The minimum atomic E-state index is -0.780. The summed E-state index contributed by atoms with van der Waals surface area (Å²) in [6.45, 7) is 1.78. The van der Waals surface area contributed by atoms with Crippen molar-refractivity contribution >= 4 is 39.7 Å². The van der Waals surface area contributed by atoms with Gasteiger partial charge in [-0.1, -0.05) is 30.0 Å². The van der Waals surface area contributed by atoms with E-state index < -0.39 is 5.54 Å². The van der Waals surface area contributed by atoms with Gasteiger partial charge in [0.2, 0.25) is 11.1 Å². The Morgan fingerprint density at radius 1 is 1.44 bits per heavy atom. The number of H-pyrrole nitrogens is 1. The minimum absolute atomic E-state index is 0.150. The van der Waals surface area contributed by atoms with Crippen LogP contribution in [0.1, 0.15) is 19.8 Å². The predicted octanol–water partition coefficient (Wildman–Crippen LogP) is 2.41. The number of hydrogen-bond donors (Lipinski definition) is 2. The van der Waals surface area contributed by atoms with Crippen molar-refractivity contribution in [1.29, 1.82) is 5.26 Å². The highest BCUT2D eigenvalue weighted by atomic mass is 32.2. The van der Waals surface area contributed by atoms with Crippen molar-refractivity contribution < 1.29 is 4.79 Å². The summed E-state index contributed by atoms with van der Waals surface area (Å²) in [4.78, 5) is 19.8. The molecule has 2 heterocycles. The molecule has 0 spiro atoms. The number of aromatic nitrogens is 4. The first kappa shape index (κ1) is 15.8. The first-order valence-electron chi connectivity index (χ1n) is 8.05. The molecule has 126 valence electrons. The fourth-order valence-corrected chi connectivity index (χ4v) is 3.49. The summed E-state index contributed by atoms with van der Waals surface area (Å²) in [5, 5.41) is 21.9. The molecule has 1 atom stereocenters. The monoisotopic (exact) mass is 352 g/mol. The van der Waals surface area contributed by atoms with Crippen molar-refractivity contribution in [3.8, 4) is 6.07 Å².